The van der Waals surface area contributed by atoms with Crippen LogP contribution in [0.4, 0.5) is 19.0 Å². The van der Waals surface area contributed by atoms with Gasteiger partial charge in [-0.1, -0.05) is 39.0 Å². The van der Waals surface area contributed by atoms with Crippen LogP contribution in [0.1, 0.15) is 64.5 Å². The number of nitrogens with one attached hydrogen (secondary N) is 1. The van der Waals surface area contributed by atoms with Crippen molar-refractivity contribution in [2.45, 2.75) is 88.8 Å². The van der Waals surface area contributed by atoms with Crippen LogP contribution in [0.5, 0.6) is 0 Å². The minimum atomic E-state index is -3.73. The lowest BCUT2D eigenvalue weighted by Crippen LogP contribution is -2.41. The number of aromatic nitrogens is 2. The third-order valence-corrected chi connectivity index (χ3v) is 5.34. The van der Waals surface area contributed by atoms with Gasteiger partial charge in [-0.3, -0.25) is 4.57 Å². The van der Waals surface area contributed by atoms with E-state index in [9.17, 15) is 23.1 Å². The molecule has 1 saturated heterocycles. The summed E-state index contributed by atoms with van der Waals surface area (Å²) in [6, 6.07) is 1.39. The average Bonchev–Trinajstić information content (AvgIpc) is 2.95. The van der Waals surface area contributed by atoms with Gasteiger partial charge in [-0.05, 0) is 25.3 Å². The van der Waals surface area contributed by atoms with Crippen molar-refractivity contribution in [2.24, 2.45) is 0 Å². The Labute approximate surface area is 174 Å². The van der Waals surface area contributed by atoms with E-state index in [1.54, 1.807) is 0 Å². The van der Waals surface area contributed by atoms with E-state index in [0.717, 1.165) is 44.7 Å². The quantitative estimate of drug-likeness (QED) is 0.412. The number of unbranched alkanes of at least 4 members (excludes halogenated alkanes) is 5. The second-order valence-electron chi connectivity index (χ2n) is 7.67. The van der Waals surface area contributed by atoms with Crippen LogP contribution < -0.4 is 11.0 Å². The molecule has 2 rings (SSSR count). The van der Waals surface area contributed by atoms with Gasteiger partial charge in [-0.2, -0.15) is 13.8 Å². The standard InChI is InChI=1S/C20H32F3N3O4/c1-2-14(21)9-7-5-3-4-6-8-11-24-16-10-12-26(19(29)25-16)18-20(22,23)17(28)15(13-27)30-18/h10,12,14-15,17-18,27-28H,2-9,11,13H2,1H3,(H,24,25,29)/t14?,15-,17-,18-/m1/s1. The predicted octanol–water partition coefficient (Wildman–Crippen LogP) is 3.02. The van der Waals surface area contributed by atoms with E-state index in [1.807, 2.05) is 6.92 Å². The fourth-order valence-electron chi connectivity index (χ4n) is 3.43. The Balaban J connectivity index is 1.73. The van der Waals surface area contributed by atoms with Crippen LogP contribution in [-0.4, -0.2) is 57.2 Å². The molecule has 2 heterocycles. The van der Waals surface area contributed by atoms with Gasteiger partial charge in [0.1, 0.15) is 11.9 Å². The van der Waals surface area contributed by atoms with Crippen LogP contribution in [0.2, 0.25) is 0 Å². The largest absolute Gasteiger partial charge is 0.394 e. The fourth-order valence-corrected chi connectivity index (χ4v) is 3.43. The monoisotopic (exact) mass is 435 g/mol. The van der Waals surface area contributed by atoms with Crippen LogP contribution in [0.3, 0.4) is 0 Å². The number of halogens is 3. The number of aliphatic hydroxyl groups excluding tert-OH is 2. The summed E-state index contributed by atoms with van der Waals surface area (Å²) in [5, 5.41) is 21.6. The lowest BCUT2D eigenvalue weighted by atomic mass is 10.1. The number of nitrogens with zero attached hydrogens (tertiary/aromatic N) is 2. The second-order valence-corrected chi connectivity index (χ2v) is 7.67. The fraction of sp³-hybridized carbons (Fsp3) is 0.800. The van der Waals surface area contributed by atoms with E-state index in [-0.39, 0.29) is 5.82 Å². The maximum absolute atomic E-state index is 14.2. The van der Waals surface area contributed by atoms with E-state index < -0.39 is 42.8 Å². The number of hydrogen-bond acceptors (Lipinski definition) is 6. The molecule has 1 fully saturated rings. The first-order valence-corrected chi connectivity index (χ1v) is 10.6. The molecular formula is C20H32F3N3O4. The van der Waals surface area contributed by atoms with E-state index in [1.165, 1.54) is 6.07 Å². The SMILES string of the molecule is CCC(F)CCCCCCCCNc1ccn([C@@H]2O[C@H](CO)[C@@H](O)C2(F)F)c(=O)n1. The minimum Gasteiger partial charge on any atom is -0.394 e. The van der Waals surface area contributed by atoms with Crippen molar-refractivity contribution in [1.82, 2.24) is 9.55 Å². The van der Waals surface area contributed by atoms with Gasteiger partial charge in [0, 0.05) is 12.7 Å². The number of aliphatic hydroxyl groups is 2. The number of hydrogen-bond donors (Lipinski definition) is 3. The number of anilines is 1. The van der Waals surface area contributed by atoms with E-state index in [4.69, 9.17) is 9.84 Å². The highest BCUT2D eigenvalue weighted by atomic mass is 19.3. The van der Waals surface area contributed by atoms with Crippen LogP contribution in [0, 0.1) is 0 Å². The molecule has 1 unspecified atom stereocenters. The summed E-state index contributed by atoms with van der Waals surface area (Å²) in [5.41, 5.74) is -0.936. The maximum atomic E-state index is 14.2. The Morgan fingerprint density at radius 1 is 1.27 bits per heavy atom. The van der Waals surface area contributed by atoms with Crippen molar-refractivity contribution >= 4 is 5.82 Å². The van der Waals surface area contributed by atoms with E-state index >= 15 is 0 Å². The molecule has 0 spiro atoms. The smallest absolute Gasteiger partial charge is 0.351 e. The highest BCUT2D eigenvalue weighted by molar-refractivity contribution is 5.31. The summed E-state index contributed by atoms with van der Waals surface area (Å²) in [6.45, 7) is 1.65. The summed E-state index contributed by atoms with van der Waals surface area (Å²) >= 11 is 0. The van der Waals surface area contributed by atoms with Crippen LogP contribution in [-0.2, 0) is 4.74 Å². The van der Waals surface area contributed by atoms with Crippen LogP contribution in [0.15, 0.2) is 17.1 Å². The summed E-state index contributed by atoms with van der Waals surface area (Å²) < 4.78 is 47.0. The molecule has 7 nitrogen and oxygen atoms in total. The van der Waals surface area contributed by atoms with Crippen molar-refractivity contribution in [3.8, 4) is 0 Å². The molecule has 0 amide bonds. The highest BCUT2D eigenvalue weighted by Crippen LogP contribution is 2.41. The van der Waals surface area contributed by atoms with Crippen molar-refractivity contribution in [3.63, 3.8) is 0 Å². The molecule has 0 bridgehead atoms. The Kier molecular flexibility index (Phi) is 9.57. The molecule has 3 N–H and O–H groups in total. The number of alkyl halides is 3. The molecule has 30 heavy (non-hydrogen) atoms. The summed E-state index contributed by atoms with van der Waals surface area (Å²) in [7, 11) is 0. The molecule has 1 aliphatic heterocycles. The van der Waals surface area contributed by atoms with Crippen molar-refractivity contribution < 1.29 is 28.1 Å². The highest BCUT2D eigenvalue weighted by Gasteiger charge is 2.59. The van der Waals surface area contributed by atoms with Gasteiger partial charge in [-0.25, -0.2) is 9.18 Å². The normalized spacial score (nSPS) is 24.1. The van der Waals surface area contributed by atoms with Crippen LogP contribution in [0.25, 0.3) is 0 Å². The Bertz CT molecular complexity index is 704. The maximum Gasteiger partial charge on any atom is 0.351 e. The molecule has 1 aromatic heterocycles. The summed E-state index contributed by atoms with van der Waals surface area (Å²) in [6.07, 6.45) is 1.83. The molecule has 0 aliphatic carbocycles. The van der Waals surface area contributed by atoms with Crippen molar-refractivity contribution in [2.75, 3.05) is 18.5 Å². The zero-order valence-electron chi connectivity index (χ0n) is 17.3. The van der Waals surface area contributed by atoms with Gasteiger partial charge in [0.2, 0.25) is 6.23 Å². The summed E-state index contributed by atoms with van der Waals surface area (Å²) in [4.78, 5) is 15.9. The molecule has 10 heteroatoms. The summed E-state index contributed by atoms with van der Waals surface area (Å²) in [5.74, 6) is -3.46. The molecule has 0 radical (unpaired) electrons. The number of ether oxygens (including phenoxy) is 1. The lowest BCUT2D eigenvalue weighted by molar-refractivity contribution is -0.140. The van der Waals surface area contributed by atoms with Gasteiger partial charge >= 0.3 is 11.6 Å². The molecule has 0 aromatic carbocycles. The minimum absolute atomic E-state index is 0.269. The zero-order chi connectivity index (χ0) is 22.1. The molecule has 172 valence electrons. The van der Waals surface area contributed by atoms with Gasteiger partial charge in [0.05, 0.1) is 12.8 Å². The molecule has 4 atom stereocenters. The number of rotatable bonds is 13. The first kappa shape index (κ1) is 24.6. The zero-order valence-corrected chi connectivity index (χ0v) is 17.3. The molecule has 1 aromatic rings. The Morgan fingerprint density at radius 2 is 1.93 bits per heavy atom. The molecule has 0 saturated carbocycles. The van der Waals surface area contributed by atoms with Gasteiger partial charge in [0.15, 0.2) is 6.10 Å². The van der Waals surface area contributed by atoms with Crippen LogP contribution >= 0.6 is 0 Å². The van der Waals surface area contributed by atoms with Gasteiger partial charge in [0.25, 0.3) is 0 Å². The molecule has 1 aliphatic rings. The topological polar surface area (TPSA) is 96.6 Å². The third kappa shape index (κ3) is 6.42. The predicted molar refractivity (Wildman–Crippen MR) is 106 cm³/mol. The van der Waals surface area contributed by atoms with E-state index in [2.05, 4.69) is 10.3 Å². The van der Waals surface area contributed by atoms with Gasteiger partial charge < -0.3 is 20.3 Å². The third-order valence-electron chi connectivity index (χ3n) is 5.34. The average molecular weight is 435 g/mol. The molecular weight excluding hydrogens is 403 g/mol. The Hall–Kier alpha value is -1.65. The Morgan fingerprint density at radius 3 is 2.53 bits per heavy atom. The second kappa shape index (κ2) is 11.7. The van der Waals surface area contributed by atoms with Crippen molar-refractivity contribution in [1.29, 1.82) is 0 Å². The van der Waals surface area contributed by atoms with Crippen molar-refractivity contribution in [3.05, 3.63) is 22.7 Å². The first-order valence-electron chi connectivity index (χ1n) is 10.6. The van der Waals surface area contributed by atoms with E-state index in [0.29, 0.717) is 24.0 Å². The van der Waals surface area contributed by atoms with Gasteiger partial charge in [-0.15, -0.1) is 0 Å². The lowest BCUT2D eigenvalue weighted by Gasteiger charge is -2.21. The first-order chi connectivity index (χ1) is 14.3.